The van der Waals surface area contributed by atoms with Gasteiger partial charge < -0.3 is 39.0 Å². The average Bonchev–Trinajstić information content (AvgIpc) is 2.88. The van der Waals surface area contributed by atoms with E-state index in [9.17, 15) is 19.4 Å². The number of benzene rings is 1. The van der Waals surface area contributed by atoms with Crippen LogP contribution >= 0.6 is 33.0 Å². The van der Waals surface area contributed by atoms with Crippen LogP contribution in [-0.2, 0) is 18.8 Å². The van der Waals surface area contributed by atoms with Gasteiger partial charge in [-0.1, -0.05) is 42.6 Å². The monoisotopic (exact) mass is 579 g/mol. The van der Waals surface area contributed by atoms with Gasteiger partial charge in [0.15, 0.2) is 5.72 Å². The third-order valence-corrected chi connectivity index (χ3v) is 6.74. The number of ether oxygens (including phenoxy) is 2. The normalized spacial score (nSPS) is 16.4. The fraction of sp³-hybridized carbons (Fsp3) is 0.522. The van der Waals surface area contributed by atoms with E-state index in [1.54, 1.807) is 58.2 Å². The minimum absolute atomic E-state index is 0.295. The minimum Gasteiger partial charge on any atom is -0.462 e. The first-order valence-electron chi connectivity index (χ1n) is 11.3. The minimum atomic E-state index is -2.49. The van der Waals surface area contributed by atoms with Crippen LogP contribution in [0.1, 0.15) is 20.8 Å². The van der Waals surface area contributed by atoms with Crippen molar-refractivity contribution >= 4 is 49.4 Å². The van der Waals surface area contributed by atoms with Gasteiger partial charge in [-0.25, -0.2) is 9.48 Å². The third-order valence-electron chi connectivity index (χ3n) is 4.81. The Kier molecular flexibility index (Phi) is 15.2. The third kappa shape index (κ3) is 10.8. The van der Waals surface area contributed by atoms with Crippen molar-refractivity contribution in [2.75, 3.05) is 27.4 Å². The Hall–Kier alpha value is -1.83. The van der Waals surface area contributed by atoms with Gasteiger partial charge in [0, 0.05) is 20.4 Å². The summed E-state index contributed by atoms with van der Waals surface area (Å²) in [7, 11) is 0.885. The predicted octanol–water partition coefficient (Wildman–Crippen LogP) is 2.59. The van der Waals surface area contributed by atoms with E-state index in [1.807, 2.05) is 0 Å². The van der Waals surface area contributed by atoms with Gasteiger partial charge in [-0.3, -0.25) is 4.79 Å². The molecule has 0 fully saturated rings. The van der Waals surface area contributed by atoms with Crippen molar-refractivity contribution in [3.63, 3.8) is 0 Å². The number of thiocarbonyl (C=S) groups is 2. The second-order valence-corrected chi connectivity index (χ2v) is 9.83. The maximum Gasteiger partial charge on any atom is 0.323 e. The number of rotatable bonds is 17. The standard InChI is InChI=1S/C23H35FN3O7PS2/c1-16(2)33-22(29)17(3)26-35(34-18-9-7-6-8-10-18)32-13-19(31-5)21(28)23(30,14-24)27(15-36)12-11-20(37)25-4/h6-12,15-17,19,21,26,28,30H,13-14H2,1-5H3,(H,25,37)/b12-11-. The molecule has 5 atom stereocenters. The highest BCUT2D eigenvalue weighted by Crippen LogP contribution is 2.37. The molecule has 1 aromatic carbocycles. The number of para-hydroxylation sites is 1. The van der Waals surface area contributed by atoms with Gasteiger partial charge in [0.1, 0.15) is 30.7 Å². The summed E-state index contributed by atoms with van der Waals surface area (Å²) in [5.41, 5.74) is -1.52. The molecule has 0 aromatic heterocycles. The van der Waals surface area contributed by atoms with E-state index in [4.69, 9.17) is 43.0 Å². The van der Waals surface area contributed by atoms with Crippen molar-refractivity contribution in [2.45, 2.75) is 50.8 Å². The first-order valence-corrected chi connectivity index (χ1v) is 13.3. The lowest BCUT2D eigenvalue weighted by molar-refractivity contribution is -0.190. The Morgan fingerprint density at radius 3 is 2.46 bits per heavy atom. The number of hydrogen-bond donors (Lipinski definition) is 4. The Morgan fingerprint density at radius 1 is 1.30 bits per heavy atom. The molecule has 0 bridgehead atoms. The Bertz CT molecular complexity index is 887. The number of halogens is 1. The van der Waals surface area contributed by atoms with E-state index >= 15 is 0 Å². The smallest absolute Gasteiger partial charge is 0.323 e. The van der Waals surface area contributed by atoms with E-state index in [1.165, 1.54) is 19.4 Å². The molecular formula is C23H35FN3O7PS2. The zero-order valence-electron chi connectivity index (χ0n) is 21.4. The number of nitrogens with zero attached hydrogens (tertiary/aromatic N) is 1. The maximum absolute atomic E-state index is 14.1. The van der Waals surface area contributed by atoms with E-state index in [-0.39, 0.29) is 12.7 Å². The quantitative estimate of drug-likeness (QED) is 0.0714. The van der Waals surface area contributed by atoms with E-state index in [2.05, 4.69) is 10.4 Å². The van der Waals surface area contributed by atoms with Crippen LogP contribution in [0, 0.1) is 0 Å². The van der Waals surface area contributed by atoms with Gasteiger partial charge in [0.2, 0.25) is 0 Å². The number of hydrogen-bond acceptors (Lipinski definition) is 10. The highest BCUT2D eigenvalue weighted by molar-refractivity contribution is 7.80. The molecule has 10 nitrogen and oxygen atoms in total. The predicted molar refractivity (Wildman–Crippen MR) is 148 cm³/mol. The van der Waals surface area contributed by atoms with Gasteiger partial charge in [0.05, 0.1) is 23.2 Å². The number of carbonyl (C=O) groups is 1. The molecule has 0 saturated heterocycles. The number of aliphatic hydroxyl groups excluding tert-OH is 1. The highest BCUT2D eigenvalue weighted by Gasteiger charge is 2.45. The summed E-state index contributed by atoms with van der Waals surface area (Å²) in [6.45, 7) is 3.30. The van der Waals surface area contributed by atoms with Crippen molar-refractivity contribution in [3.8, 4) is 5.75 Å². The van der Waals surface area contributed by atoms with Crippen LogP contribution in [0.2, 0.25) is 0 Å². The van der Waals surface area contributed by atoms with Crippen LogP contribution in [0.5, 0.6) is 5.75 Å². The van der Waals surface area contributed by atoms with Gasteiger partial charge >= 0.3 is 14.5 Å². The second-order valence-electron chi connectivity index (χ2n) is 7.97. The molecule has 5 unspecified atom stereocenters. The van der Waals surface area contributed by atoms with E-state index < -0.39 is 45.1 Å². The first kappa shape index (κ1) is 33.2. The number of esters is 1. The molecule has 0 aliphatic rings. The molecule has 1 rings (SSSR count). The molecule has 4 N–H and O–H groups in total. The van der Waals surface area contributed by atoms with E-state index in [0.29, 0.717) is 10.7 Å². The molecule has 0 radical (unpaired) electrons. The van der Waals surface area contributed by atoms with Crippen LogP contribution in [0.15, 0.2) is 42.6 Å². The number of nitrogens with one attached hydrogen (secondary N) is 2. The van der Waals surface area contributed by atoms with E-state index in [0.717, 1.165) is 10.4 Å². The van der Waals surface area contributed by atoms with Crippen molar-refractivity contribution in [2.24, 2.45) is 0 Å². The van der Waals surface area contributed by atoms with Crippen LogP contribution in [0.3, 0.4) is 0 Å². The summed E-state index contributed by atoms with van der Waals surface area (Å²) < 4.78 is 36.3. The van der Waals surface area contributed by atoms with Gasteiger partial charge in [-0.15, -0.1) is 0 Å². The Balaban J connectivity index is 3.06. The zero-order valence-corrected chi connectivity index (χ0v) is 23.9. The second kappa shape index (κ2) is 16.9. The van der Waals surface area contributed by atoms with Gasteiger partial charge in [0.25, 0.3) is 0 Å². The lowest BCUT2D eigenvalue weighted by atomic mass is 10.0. The molecule has 0 aliphatic carbocycles. The lowest BCUT2D eigenvalue weighted by Gasteiger charge is -2.40. The summed E-state index contributed by atoms with van der Waals surface area (Å²) in [6.07, 6.45) is -0.764. The van der Waals surface area contributed by atoms with Gasteiger partial charge in [-0.05, 0) is 39.0 Å². The molecular weight excluding hydrogens is 544 g/mol. The fourth-order valence-electron chi connectivity index (χ4n) is 2.73. The van der Waals surface area contributed by atoms with Crippen molar-refractivity contribution in [1.82, 2.24) is 15.3 Å². The zero-order chi connectivity index (χ0) is 28.0. The molecule has 0 spiro atoms. The largest absolute Gasteiger partial charge is 0.462 e. The number of carbonyl (C=O) groups excluding carboxylic acids is 1. The first-order chi connectivity index (χ1) is 17.5. The lowest BCUT2D eigenvalue weighted by Crippen LogP contribution is -2.61. The molecule has 0 aliphatic heterocycles. The number of alkyl halides is 1. The molecule has 37 heavy (non-hydrogen) atoms. The number of aliphatic hydroxyl groups is 2. The van der Waals surface area contributed by atoms with Crippen molar-refractivity contribution in [1.29, 1.82) is 0 Å². The topological polar surface area (TPSA) is 122 Å². The molecule has 208 valence electrons. The Labute approximate surface area is 229 Å². The fourth-order valence-corrected chi connectivity index (χ4v) is 4.24. The maximum atomic E-state index is 14.1. The summed E-state index contributed by atoms with van der Waals surface area (Å²) >= 11 is 9.92. The van der Waals surface area contributed by atoms with Gasteiger partial charge in [-0.2, -0.15) is 0 Å². The molecule has 0 saturated carbocycles. The molecule has 14 heteroatoms. The SMILES string of the molecule is CNC(=S)/C=C\N(C=S)C(O)(CF)C(O)C(COP(NC(C)C(=O)OC(C)C)Oc1ccccc1)OC. The van der Waals surface area contributed by atoms with Crippen molar-refractivity contribution < 1.29 is 37.9 Å². The summed E-state index contributed by atoms with van der Waals surface area (Å²) in [6, 6.07) is 7.92. The van der Waals surface area contributed by atoms with Crippen LogP contribution in [0.4, 0.5) is 4.39 Å². The Morgan fingerprint density at radius 2 is 1.95 bits per heavy atom. The highest BCUT2D eigenvalue weighted by atomic mass is 32.1. The van der Waals surface area contributed by atoms with Crippen LogP contribution < -0.4 is 14.9 Å². The summed E-state index contributed by atoms with van der Waals surface area (Å²) in [4.78, 5) is 13.5. The number of likely N-dealkylation sites (N-methyl/N-ethyl adjacent to an activating group) is 1. The molecule has 0 amide bonds. The summed E-state index contributed by atoms with van der Waals surface area (Å²) in [5, 5.41) is 27.5. The molecule has 1 aromatic rings. The number of methoxy groups -OCH3 is 1. The average molecular weight is 580 g/mol. The molecule has 0 heterocycles. The van der Waals surface area contributed by atoms with Crippen molar-refractivity contribution in [3.05, 3.63) is 42.6 Å². The van der Waals surface area contributed by atoms with Crippen LogP contribution in [0.25, 0.3) is 0 Å². The van der Waals surface area contributed by atoms with Crippen LogP contribution in [-0.4, -0.2) is 89.1 Å². The summed E-state index contributed by atoms with van der Waals surface area (Å²) in [5.74, 6) is -0.0568.